The summed E-state index contributed by atoms with van der Waals surface area (Å²) < 4.78 is 15.9. The average Bonchev–Trinajstić information content (AvgIpc) is 2.82. The second kappa shape index (κ2) is 9.73. The minimum atomic E-state index is 0.492. The van der Waals surface area contributed by atoms with Crippen LogP contribution in [0, 0.1) is 5.41 Å². The molecule has 4 nitrogen and oxygen atoms in total. The Balaban J connectivity index is 1.98. The molecule has 1 aliphatic carbocycles. The van der Waals surface area contributed by atoms with E-state index in [-0.39, 0.29) is 0 Å². The molecule has 0 aromatic carbocycles. The molecule has 0 heterocycles. The van der Waals surface area contributed by atoms with Crippen LogP contribution in [0.2, 0.25) is 0 Å². The molecule has 0 aliphatic heterocycles. The van der Waals surface area contributed by atoms with Crippen LogP contribution in [0.15, 0.2) is 0 Å². The second-order valence-electron chi connectivity index (χ2n) is 5.20. The molecule has 18 heavy (non-hydrogen) atoms. The predicted molar refractivity (Wildman–Crippen MR) is 73.0 cm³/mol. The fourth-order valence-electron chi connectivity index (χ4n) is 2.77. The van der Waals surface area contributed by atoms with E-state index in [2.05, 4.69) is 5.32 Å². The number of hydrogen-bond acceptors (Lipinski definition) is 4. The largest absolute Gasteiger partial charge is 0.382 e. The van der Waals surface area contributed by atoms with E-state index in [9.17, 15) is 0 Å². The van der Waals surface area contributed by atoms with Crippen molar-refractivity contribution in [3.63, 3.8) is 0 Å². The first-order valence-electron chi connectivity index (χ1n) is 7.12. The summed E-state index contributed by atoms with van der Waals surface area (Å²) in [4.78, 5) is 0. The lowest BCUT2D eigenvalue weighted by molar-refractivity contribution is 0.0168. The van der Waals surface area contributed by atoms with Crippen molar-refractivity contribution in [3.8, 4) is 0 Å². The monoisotopic (exact) mass is 259 g/mol. The Kier molecular flexibility index (Phi) is 8.59. The molecule has 0 bridgehead atoms. The van der Waals surface area contributed by atoms with Crippen molar-refractivity contribution in [1.29, 1.82) is 0 Å². The third kappa shape index (κ3) is 6.14. The zero-order valence-corrected chi connectivity index (χ0v) is 12.0. The molecule has 0 aromatic heterocycles. The maximum absolute atomic E-state index is 5.65. The Bertz CT molecular complexity index is 193. The molecular formula is C14H29NO3. The number of methoxy groups -OCH3 is 1. The normalized spacial score (nSPS) is 18.3. The topological polar surface area (TPSA) is 39.7 Å². The summed E-state index contributed by atoms with van der Waals surface area (Å²) >= 11 is 0. The molecule has 0 radical (unpaired) electrons. The van der Waals surface area contributed by atoms with Crippen molar-refractivity contribution in [3.05, 3.63) is 0 Å². The number of nitrogens with one attached hydrogen (secondary N) is 1. The van der Waals surface area contributed by atoms with Crippen LogP contribution in [0.25, 0.3) is 0 Å². The lowest BCUT2D eigenvalue weighted by atomic mass is 9.83. The summed E-state index contributed by atoms with van der Waals surface area (Å²) in [5, 5.41) is 3.33. The minimum absolute atomic E-state index is 0.492. The summed E-state index contributed by atoms with van der Waals surface area (Å²) in [7, 11) is 3.73. The smallest absolute Gasteiger partial charge is 0.0701 e. The van der Waals surface area contributed by atoms with Crippen molar-refractivity contribution >= 4 is 0 Å². The summed E-state index contributed by atoms with van der Waals surface area (Å²) in [6.45, 7) is 4.66. The molecule has 0 amide bonds. The van der Waals surface area contributed by atoms with Crippen LogP contribution >= 0.6 is 0 Å². The zero-order chi connectivity index (χ0) is 13.1. The summed E-state index contributed by atoms with van der Waals surface area (Å²) in [5.74, 6) is 0. The number of hydrogen-bond donors (Lipinski definition) is 1. The molecule has 1 rings (SSSR count). The Morgan fingerprint density at radius 3 is 2.17 bits per heavy atom. The van der Waals surface area contributed by atoms with Gasteiger partial charge >= 0.3 is 0 Å². The SMILES string of the molecule is CNCC1(CCOCCOCCOC)CCCC1. The van der Waals surface area contributed by atoms with Gasteiger partial charge < -0.3 is 19.5 Å². The van der Waals surface area contributed by atoms with Crippen LogP contribution < -0.4 is 5.32 Å². The molecule has 0 saturated heterocycles. The van der Waals surface area contributed by atoms with Crippen LogP contribution in [-0.4, -0.2) is 53.7 Å². The lowest BCUT2D eigenvalue weighted by Gasteiger charge is -2.28. The maximum Gasteiger partial charge on any atom is 0.0701 e. The standard InChI is InChI=1S/C14H29NO3/c1-15-13-14(5-3-4-6-14)7-8-17-11-12-18-10-9-16-2/h15H,3-13H2,1-2H3. The van der Waals surface area contributed by atoms with E-state index in [0.717, 1.165) is 13.2 Å². The van der Waals surface area contributed by atoms with Gasteiger partial charge in [-0.05, 0) is 31.7 Å². The van der Waals surface area contributed by atoms with Crippen molar-refractivity contribution in [1.82, 2.24) is 5.32 Å². The highest BCUT2D eigenvalue weighted by Crippen LogP contribution is 2.40. The second-order valence-corrected chi connectivity index (χ2v) is 5.20. The minimum Gasteiger partial charge on any atom is -0.382 e. The molecule has 0 unspecified atom stereocenters. The lowest BCUT2D eigenvalue weighted by Crippen LogP contribution is -2.31. The first-order valence-corrected chi connectivity index (χ1v) is 7.12. The summed E-state index contributed by atoms with van der Waals surface area (Å²) in [6.07, 6.45) is 6.62. The van der Waals surface area contributed by atoms with E-state index in [4.69, 9.17) is 14.2 Å². The van der Waals surface area contributed by atoms with Crippen molar-refractivity contribution in [2.45, 2.75) is 32.1 Å². The van der Waals surface area contributed by atoms with Gasteiger partial charge in [0, 0.05) is 20.3 Å². The summed E-state index contributed by atoms with van der Waals surface area (Å²) in [6, 6.07) is 0. The molecule has 108 valence electrons. The van der Waals surface area contributed by atoms with Crippen LogP contribution in [0.3, 0.4) is 0 Å². The van der Waals surface area contributed by atoms with Gasteiger partial charge in [0.2, 0.25) is 0 Å². The third-order valence-electron chi connectivity index (χ3n) is 3.80. The van der Waals surface area contributed by atoms with Gasteiger partial charge in [-0.2, -0.15) is 0 Å². The van der Waals surface area contributed by atoms with Gasteiger partial charge in [-0.15, -0.1) is 0 Å². The highest BCUT2D eigenvalue weighted by atomic mass is 16.5. The molecule has 1 fully saturated rings. The highest BCUT2D eigenvalue weighted by molar-refractivity contribution is 4.86. The quantitative estimate of drug-likeness (QED) is 0.575. The van der Waals surface area contributed by atoms with Gasteiger partial charge in [0.25, 0.3) is 0 Å². The zero-order valence-electron chi connectivity index (χ0n) is 12.0. The molecule has 1 saturated carbocycles. The highest BCUT2D eigenvalue weighted by Gasteiger charge is 2.32. The van der Waals surface area contributed by atoms with Gasteiger partial charge in [0.1, 0.15) is 0 Å². The number of rotatable bonds is 11. The van der Waals surface area contributed by atoms with Crippen LogP contribution in [-0.2, 0) is 14.2 Å². The van der Waals surface area contributed by atoms with E-state index in [1.807, 2.05) is 7.05 Å². The molecule has 1 N–H and O–H groups in total. The van der Waals surface area contributed by atoms with E-state index in [1.54, 1.807) is 7.11 Å². The van der Waals surface area contributed by atoms with Gasteiger partial charge in [0.05, 0.1) is 26.4 Å². The van der Waals surface area contributed by atoms with E-state index >= 15 is 0 Å². The van der Waals surface area contributed by atoms with Crippen molar-refractivity contribution in [2.75, 3.05) is 53.7 Å². The molecule has 0 aromatic rings. The fourth-order valence-corrected chi connectivity index (χ4v) is 2.77. The fraction of sp³-hybridized carbons (Fsp3) is 1.00. The van der Waals surface area contributed by atoms with Crippen LogP contribution in [0.4, 0.5) is 0 Å². The van der Waals surface area contributed by atoms with Gasteiger partial charge in [-0.1, -0.05) is 12.8 Å². The van der Waals surface area contributed by atoms with Gasteiger partial charge in [0.15, 0.2) is 0 Å². The number of ether oxygens (including phenoxy) is 3. The Morgan fingerprint density at radius 1 is 0.944 bits per heavy atom. The van der Waals surface area contributed by atoms with Crippen molar-refractivity contribution in [2.24, 2.45) is 5.41 Å². The van der Waals surface area contributed by atoms with Crippen LogP contribution in [0.1, 0.15) is 32.1 Å². The molecular weight excluding hydrogens is 230 g/mol. The van der Waals surface area contributed by atoms with Crippen molar-refractivity contribution < 1.29 is 14.2 Å². The average molecular weight is 259 g/mol. The van der Waals surface area contributed by atoms with Crippen LogP contribution in [0.5, 0.6) is 0 Å². The van der Waals surface area contributed by atoms with E-state index in [0.29, 0.717) is 31.8 Å². The predicted octanol–water partition coefficient (Wildman–Crippen LogP) is 1.84. The summed E-state index contributed by atoms with van der Waals surface area (Å²) in [5.41, 5.74) is 0.492. The van der Waals surface area contributed by atoms with Gasteiger partial charge in [-0.25, -0.2) is 0 Å². The van der Waals surface area contributed by atoms with E-state index in [1.165, 1.54) is 32.1 Å². The van der Waals surface area contributed by atoms with E-state index < -0.39 is 0 Å². The molecule has 0 spiro atoms. The Hall–Kier alpha value is -0.160. The molecule has 1 aliphatic rings. The first kappa shape index (κ1) is 15.9. The van der Waals surface area contributed by atoms with Gasteiger partial charge in [-0.3, -0.25) is 0 Å². The first-order chi connectivity index (χ1) is 8.83. The third-order valence-corrected chi connectivity index (χ3v) is 3.80. The molecule has 4 heteroatoms. The Labute approximate surface area is 111 Å². The maximum atomic E-state index is 5.65. The Morgan fingerprint density at radius 2 is 1.56 bits per heavy atom. The molecule has 0 atom stereocenters.